The second-order valence-electron chi connectivity index (χ2n) is 13.1. The summed E-state index contributed by atoms with van der Waals surface area (Å²) in [5, 5.41) is 11.6. The summed E-state index contributed by atoms with van der Waals surface area (Å²) in [4.78, 5) is 2.50. The molecule has 0 bridgehead atoms. The number of β-amino-alcohol motifs (C(OH)–C–C–N with tert-alkyl or cyclic N) is 1. The largest absolute Gasteiger partial charge is 0.490 e. The van der Waals surface area contributed by atoms with Crippen LogP contribution < -0.4 is 9.64 Å². The standard InChI is InChI=1S/C37H48N2O8S/c1-25-6-13-29(14-7-25)48(41,42)39-22-32(40)36(27-9-11-28(12-10-27)37(45-4)30-21-34(30)44-3)35(23-39)47-24-26-8-15-33-31(20-26)38(17-19-46-33)16-5-18-43-2/h6-15,20,30,32,34-37,40H,5,16-19,21-24H2,1-4H3/t30?,32-,34?,35+,36+,37-/m1/s1. The van der Waals surface area contributed by atoms with Crippen molar-refractivity contribution >= 4 is 15.7 Å². The molecule has 2 aliphatic heterocycles. The van der Waals surface area contributed by atoms with Crippen LogP contribution in [0.3, 0.4) is 0 Å². The van der Waals surface area contributed by atoms with Gasteiger partial charge in [0, 0.05) is 59.4 Å². The van der Waals surface area contributed by atoms with Crippen LogP contribution in [0.2, 0.25) is 0 Å². The van der Waals surface area contributed by atoms with Crippen molar-refractivity contribution < 1.29 is 37.2 Å². The van der Waals surface area contributed by atoms with Gasteiger partial charge in [0.25, 0.3) is 0 Å². The van der Waals surface area contributed by atoms with Crippen LogP contribution in [0.15, 0.2) is 71.6 Å². The molecule has 2 heterocycles. The fraction of sp³-hybridized carbons (Fsp3) is 0.514. The van der Waals surface area contributed by atoms with Gasteiger partial charge in [0.2, 0.25) is 10.0 Å². The first-order valence-corrected chi connectivity index (χ1v) is 18.2. The predicted molar refractivity (Wildman–Crippen MR) is 183 cm³/mol. The summed E-state index contributed by atoms with van der Waals surface area (Å²) >= 11 is 0. The highest BCUT2D eigenvalue weighted by atomic mass is 32.2. The van der Waals surface area contributed by atoms with E-state index in [1.165, 1.54) is 4.31 Å². The van der Waals surface area contributed by atoms with Gasteiger partial charge in [-0.2, -0.15) is 4.31 Å². The molecule has 0 radical (unpaired) electrons. The van der Waals surface area contributed by atoms with Crippen LogP contribution in [0.1, 0.15) is 47.1 Å². The van der Waals surface area contributed by atoms with Crippen LogP contribution in [0.25, 0.3) is 0 Å². The van der Waals surface area contributed by atoms with E-state index in [4.69, 9.17) is 23.7 Å². The number of piperidine rings is 1. The first-order chi connectivity index (χ1) is 23.2. The maximum atomic E-state index is 13.8. The number of hydrogen-bond donors (Lipinski definition) is 1. The summed E-state index contributed by atoms with van der Waals surface area (Å²) in [5.41, 5.74) is 4.86. The Hall–Kier alpha value is -3.03. The molecule has 0 aromatic heterocycles. The molecule has 1 aliphatic carbocycles. The number of rotatable bonds is 14. The molecule has 0 spiro atoms. The van der Waals surface area contributed by atoms with Gasteiger partial charge in [0.05, 0.1) is 48.2 Å². The average molecular weight is 681 g/mol. The fourth-order valence-electron chi connectivity index (χ4n) is 7.10. The zero-order chi connectivity index (χ0) is 33.8. The number of benzene rings is 3. The van der Waals surface area contributed by atoms with Gasteiger partial charge >= 0.3 is 0 Å². The number of nitrogens with zero attached hydrogens (tertiary/aromatic N) is 2. The summed E-state index contributed by atoms with van der Waals surface area (Å²) in [6.07, 6.45) is 0.387. The number of hydrogen-bond acceptors (Lipinski definition) is 9. The van der Waals surface area contributed by atoms with Crippen molar-refractivity contribution in [2.75, 3.05) is 65.6 Å². The van der Waals surface area contributed by atoms with E-state index in [0.717, 1.165) is 59.6 Å². The highest BCUT2D eigenvalue weighted by Gasteiger charge is 2.45. The summed E-state index contributed by atoms with van der Waals surface area (Å²) in [6.45, 7) is 5.19. The minimum Gasteiger partial charge on any atom is -0.490 e. The monoisotopic (exact) mass is 680 g/mol. The lowest BCUT2D eigenvalue weighted by Gasteiger charge is -2.41. The van der Waals surface area contributed by atoms with Gasteiger partial charge in [-0.1, -0.05) is 48.0 Å². The number of ether oxygens (including phenoxy) is 5. The lowest BCUT2D eigenvalue weighted by molar-refractivity contribution is -0.0534. The summed E-state index contributed by atoms with van der Waals surface area (Å²) in [5.74, 6) is 0.700. The highest BCUT2D eigenvalue weighted by molar-refractivity contribution is 7.89. The van der Waals surface area contributed by atoms with Crippen molar-refractivity contribution in [3.63, 3.8) is 0 Å². The molecule has 3 aromatic rings. The van der Waals surface area contributed by atoms with E-state index in [0.29, 0.717) is 19.1 Å². The van der Waals surface area contributed by atoms with Crippen LogP contribution in [0.5, 0.6) is 5.75 Å². The molecule has 6 atom stereocenters. The van der Waals surface area contributed by atoms with E-state index in [1.54, 1.807) is 45.6 Å². The van der Waals surface area contributed by atoms with E-state index in [2.05, 4.69) is 11.0 Å². The molecular formula is C37H48N2O8S. The van der Waals surface area contributed by atoms with Crippen molar-refractivity contribution in [3.8, 4) is 5.75 Å². The molecule has 10 nitrogen and oxygen atoms in total. The Bertz CT molecular complexity index is 1620. The zero-order valence-electron chi connectivity index (χ0n) is 28.3. The quantitative estimate of drug-likeness (QED) is 0.243. The third kappa shape index (κ3) is 7.57. The highest BCUT2D eigenvalue weighted by Crippen LogP contribution is 2.45. The molecule has 2 unspecified atom stereocenters. The number of fused-ring (bicyclic) bond motifs is 1. The summed E-state index contributed by atoms with van der Waals surface area (Å²) in [6, 6.07) is 20.9. The lowest BCUT2D eigenvalue weighted by Crippen LogP contribution is -2.53. The second-order valence-corrected chi connectivity index (χ2v) is 15.0. The third-order valence-electron chi connectivity index (χ3n) is 9.85. The predicted octanol–water partition coefficient (Wildman–Crippen LogP) is 4.69. The molecule has 2 fully saturated rings. The van der Waals surface area contributed by atoms with Crippen LogP contribution in [0, 0.1) is 12.8 Å². The maximum Gasteiger partial charge on any atom is 0.243 e. The summed E-state index contributed by atoms with van der Waals surface area (Å²) < 4.78 is 58.1. The van der Waals surface area contributed by atoms with Gasteiger partial charge in [-0.3, -0.25) is 0 Å². The van der Waals surface area contributed by atoms with Crippen molar-refractivity contribution in [1.82, 2.24) is 4.31 Å². The van der Waals surface area contributed by atoms with Crippen LogP contribution in [-0.4, -0.2) is 96.9 Å². The normalized spacial score (nSPS) is 24.9. The Labute approximate surface area is 284 Å². The Morgan fingerprint density at radius 1 is 0.979 bits per heavy atom. The summed E-state index contributed by atoms with van der Waals surface area (Å²) in [7, 11) is 1.29. The average Bonchev–Trinajstić information content (AvgIpc) is 3.88. The van der Waals surface area contributed by atoms with Gasteiger partial charge in [-0.25, -0.2) is 8.42 Å². The molecule has 1 saturated carbocycles. The minimum absolute atomic E-state index is 0.0343. The van der Waals surface area contributed by atoms with Gasteiger partial charge in [0.1, 0.15) is 12.4 Å². The van der Waals surface area contributed by atoms with Gasteiger partial charge in [-0.15, -0.1) is 0 Å². The Morgan fingerprint density at radius 3 is 2.44 bits per heavy atom. The molecule has 11 heteroatoms. The smallest absolute Gasteiger partial charge is 0.243 e. The number of aryl methyl sites for hydroxylation is 1. The molecule has 1 N–H and O–H groups in total. The Kier molecular flexibility index (Phi) is 11.1. The van der Waals surface area contributed by atoms with E-state index in [1.807, 2.05) is 43.3 Å². The molecule has 6 rings (SSSR count). The zero-order valence-corrected chi connectivity index (χ0v) is 29.1. The first kappa shape index (κ1) is 34.8. The van der Waals surface area contributed by atoms with E-state index in [9.17, 15) is 13.5 Å². The third-order valence-corrected chi connectivity index (χ3v) is 11.7. The number of sulfonamides is 1. The van der Waals surface area contributed by atoms with Gasteiger partial charge in [0.15, 0.2) is 0 Å². The molecule has 3 aromatic carbocycles. The number of aliphatic hydroxyl groups excluding tert-OH is 1. The topological polar surface area (TPSA) is 107 Å². The van der Waals surface area contributed by atoms with E-state index >= 15 is 0 Å². The van der Waals surface area contributed by atoms with E-state index in [-0.39, 0.29) is 36.8 Å². The van der Waals surface area contributed by atoms with Crippen molar-refractivity contribution in [3.05, 3.63) is 89.0 Å². The molecule has 48 heavy (non-hydrogen) atoms. The van der Waals surface area contributed by atoms with Crippen molar-refractivity contribution in [2.24, 2.45) is 5.92 Å². The van der Waals surface area contributed by atoms with Crippen LogP contribution >= 0.6 is 0 Å². The maximum absolute atomic E-state index is 13.8. The van der Waals surface area contributed by atoms with Crippen LogP contribution in [0.4, 0.5) is 5.69 Å². The Morgan fingerprint density at radius 2 is 1.75 bits per heavy atom. The SMILES string of the molecule is COCCCN1CCOc2ccc(CO[C@H]3CN(S(=O)(=O)c4ccc(C)cc4)C[C@@H](O)[C@@H]3c3ccc([C@@H](OC)C4CC4OC)cc3)cc21. The van der Waals surface area contributed by atoms with Gasteiger partial charge in [-0.05, 0) is 60.7 Å². The number of aliphatic hydroxyl groups is 1. The molecule has 260 valence electrons. The van der Waals surface area contributed by atoms with Crippen LogP contribution in [-0.2, 0) is 35.6 Å². The molecule has 1 saturated heterocycles. The second kappa shape index (κ2) is 15.2. The first-order valence-electron chi connectivity index (χ1n) is 16.7. The molecule has 0 amide bonds. The van der Waals surface area contributed by atoms with Gasteiger partial charge < -0.3 is 33.7 Å². The Balaban J connectivity index is 1.25. The van der Waals surface area contributed by atoms with Crippen molar-refractivity contribution in [2.45, 2.75) is 61.6 Å². The lowest BCUT2D eigenvalue weighted by atomic mass is 9.84. The minimum atomic E-state index is -3.86. The van der Waals surface area contributed by atoms with Crippen molar-refractivity contribution in [1.29, 1.82) is 0 Å². The van der Waals surface area contributed by atoms with E-state index < -0.39 is 28.1 Å². The number of anilines is 1. The fourth-order valence-corrected chi connectivity index (χ4v) is 8.57. The molecular weight excluding hydrogens is 632 g/mol. The number of methoxy groups -OCH3 is 3. The molecule has 3 aliphatic rings.